The van der Waals surface area contributed by atoms with Gasteiger partial charge in [-0.05, 0) is 27.4 Å². The largest absolute Gasteiger partial charge is 0.378 e. The molecule has 92 valence electrons. The molecule has 18 heavy (non-hydrogen) atoms. The molecule has 0 atom stereocenters. The van der Waals surface area contributed by atoms with Crippen molar-refractivity contribution in [3.8, 4) is 12.3 Å². The summed E-state index contributed by atoms with van der Waals surface area (Å²) in [6, 6.07) is 4.01. The lowest BCUT2D eigenvalue weighted by Crippen LogP contribution is -2.24. The molecule has 0 unspecified atom stereocenters. The highest BCUT2D eigenvalue weighted by Gasteiger charge is 2.07. The minimum Gasteiger partial charge on any atom is -0.378 e. The molecule has 0 amide bonds. The van der Waals surface area contributed by atoms with Crippen molar-refractivity contribution in [3.05, 3.63) is 43.4 Å². The van der Waals surface area contributed by atoms with E-state index < -0.39 is 0 Å². The molecule has 2 aromatic rings. The Kier molecular flexibility index (Phi) is 4.18. The third kappa shape index (κ3) is 2.81. The van der Waals surface area contributed by atoms with Gasteiger partial charge in [0, 0.05) is 11.4 Å². The molecule has 2 rings (SSSR count). The quantitative estimate of drug-likeness (QED) is 0.878. The van der Waals surface area contributed by atoms with Crippen LogP contribution in [0.5, 0.6) is 0 Å². The molecule has 0 saturated heterocycles. The van der Waals surface area contributed by atoms with Crippen LogP contribution < -0.4 is 10.9 Å². The van der Waals surface area contributed by atoms with E-state index in [9.17, 15) is 4.79 Å². The van der Waals surface area contributed by atoms with Crippen LogP contribution in [0.15, 0.2) is 33.0 Å². The maximum atomic E-state index is 11.9. The number of thiophene rings is 1. The smallest absolute Gasteiger partial charge is 0.284 e. The summed E-state index contributed by atoms with van der Waals surface area (Å²) in [5.74, 6) is 2.39. The second-order valence-corrected chi connectivity index (χ2v) is 5.30. The van der Waals surface area contributed by atoms with Crippen molar-refractivity contribution in [2.24, 2.45) is 0 Å². The fourth-order valence-corrected chi connectivity index (χ4v) is 2.47. The summed E-state index contributed by atoms with van der Waals surface area (Å²) in [5, 5.41) is 9.17. The first-order valence-electron chi connectivity index (χ1n) is 5.17. The normalized spacial score (nSPS) is 10.0. The zero-order valence-corrected chi connectivity index (χ0v) is 11.8. The second kappa shape index (κ2) is 5.85. The van der Waals surface area contributed by atoms with Gasteiger partial charge in [-0.15, -0.1) is 17.8 Å². The van der Waals surface area contributed by atoms with Crippen LogP contribution in [0, 0.1) is 12.3 Å². The summed E-state index contributed by atoms with van der Waals surface area (Å²) in [6.45, 7) is 0.833. The van der Waals surface area contributed by atoms with Crippen molar-refractivity contribution in [1.82, 2.24) is 9.78 Å². The van der Waals surface area contributed by atoms with Gasteiger partial charge in [-0.3, -0.25) is 4.79 Å². The molecule has 0 aliphatic rings. The zero-order valence-electron chi connectivity index (χ0n) is 9.39. The average molecular weight is 324 g/mol. The van der Waals surface area contributed by atoms with Crippen LogP contribution in [0.25, 0.3) is 0 Å². The van der Waals surface area contributed by atoms with Crippen molar-refractivity contribution in [2.45, 2.75) is 13.1 Å². The molecule has 0 aliphatic carbocycles. The molecule has 2 heterocycles. The predicted molar refractivity (Wildman–Crippen MR) is 76.7 cm³/mol. The van der Waals surface area contributed by atoms with E-state index in [2.05, 4.69) is 32.3 Å². The molecular formula is C12H10BrN3OS. The van der Waals surface area contributed by atoms with E-state index in [4.69, 9.17) is 6.42 Å². The van der Waals surface area contributed by atoms with Crippen LogP contribution in [-0.2, 0) is 13.1 Å². The van der Waals surface area contributed by atoms with E-state index in [0.717, 1.165) is 0 Å². The van der Waals surface area contributed by atoms with Gasteiger partial charge in [0.15, 0.2) is 0 Å². The molecule has 0 spiro atoms. The van der Waals surface area contributed by atoms with Crippen LogP contribution in [-0.4, -0.2) is 9.78 Å². The first-order valence-corrected chi connectivity index (χ1v) is 6.85. The molecule has 1 N–H and O–H groups in total. The van der Waals surface area contributed by atoms with Gasteiger partial charge in [-0.1, -0.05) is 12.0 Å². The minimum absolute atomic E-state index is 0.169. The molecular weight excluding hydrogens is 314 g/mol. The minimum atomic E-state index is -0.232. The Balaban J connectivity index is 2.17. The van der Waals surface area contributed by atoms with Gasteiger partial charge in [-0.2, -0.15) is 5.10 Å². The van der Waals surface area contributed by atoms with Gasteiger partial charge in [0.25, 0.3) is 5.56 Å². The van der Waals surface area contributed by atoms with E-state index in [1.165, 1.54) is 9.56 Å². The lowest BCUT2D eigenvalue weighted by Gasteiger charge is -2.08. The Hall–Kier alpha value is -1.58. The third-order valence-corrected chi connectivity index (χ3v) is 3.90. The summed E-state index contributed by atoms with van der Waals surface area (Å²) >= 11 is 4.92. The van der Waals surface area contributed by atoms with Crippen molar-refractivity contribution in [2.75, 3.05) is 5.32 Å². The van der Waals surface area contributed by atoms with E-state index in [1.54, 1.807) is 17.5 Å². The van der Waals surface area contributed by atoms with E-state index >= 15 is 0 Å². The maximum absolute atomic E-state index is 11.9. The SMILES string of the molecule is C#CCn1ncc(NCc2cccs2)c(Br)c1=O. The molecule has 2 aromatic heterocycles. The molecule has 0 bridgehead atoms. The van der Waals surface area contributed by atoms with Crippen LogP contribution >= 0.6 is 27.3 Å². The molecule has 0 saturated carbocycles. The summed E-state index contributed by atoms with van der Waals surface area (Å²) in [5.41, 5.74) is 0.436. The monoisotopic (exact) mass is 323 g/mol. The lowest BCUT2D eigenvalue weighted by molar-refractivity contribution is 0.659. The first kappa shape index (κ1) is 12.9. The number of anilines is 1. The number of rotatable bonds is 4. The highest BCUT2D eigenvalue weighted by atomic mass is 79.9. The zero-order chi connectivity index (χ0) is 13.0. The highest BCUT2D eigenvalue weighted by Crippen LogP contribution is 2.18. The Morgan fingerprint density at radius 1 is 1.61 bits per heavy atom. The first-order chi connectivity index (χ1) is 8.72. The number of aromatic nitrogens is 2. The number of terminal acetylenes is 1. The van der Waals surface area contributed by atoms with Crippen molar-refractivity contribution in [3.63, 3.8) is 0 Å². The highest BCUT2D eigenvalue weighted by molar-refractivity contribution is 9.10. The average Bonchev–Trinajstić information content (AvgIpc) is 2.87. The van der Waals surface area contributed by atoms with Gasteiger partial charge in [0.05, 0.1) is 11.9 Å². The fraction of sp³-hybridized carbons (Fsp3) is 0.167. The summed E-state index contributed by atoms with van der Waals surface area (Å²) in [7, 11) is 0. The topological polar surface area (TPSA) is 46.9 Å². The molecule has 0 aliphatic heterocycles. The summed E-state index contributed by atoms with van der Waals surface area (Å²) < 4.78 is 1.68. The van der Waals surface area contributed by atoms with Gasteiger partial charge in [0.2, 0.25) is 0 Å². The Morgan fingerprint density at radius 3 is 3.11 bits per heavy atom. The van der Waals surface area contributed by atoms with Crippen molar-refractivity contribution < 1.29 is 0 Å². The lowest BCUT2D eigenvalue weighted by atomic mass is 10.4. The van der Waals surface area contributed by atoms with Crippen molar-refractivity contribution in [1.29, 1.82) is 0 Å². The maximum Gasteiger partial charge on any atom is 0.284 e. The molecule has 6 heteroatoms. The van der Waals surface area contributed by atoms with Gasteiger partial charge < -0.3 is 5.32 Å². The van der Waals surface area contributed by atoms with Crippen molar-refractivity contribution >= 4 is 33.0 Å². The standard InChI is InChI=1S/C12H10BrN3OS/c1-2-5-16-12(17)11(13)10(8-15-16)14-7-9-4-3-6-18-9/h1,3-4,6,8,14H,5,7H2. The molecule has 0 fully saturated rings. The number of hydrogen-bond acceptors (Lipinski definition) is 4. The summed E-state index contributed by atoms with van der Waals surface area (Å²) in [6.07, 6.45) is 6.75. The van der Waals surface area contributed by atoms with Crippen LogP contribution in [0.3, 0.4) is 0 Å². The molecule has 0 aromatic carbocycles. The fourth-order valence-electron chi connectivity index (χ4n) is 1.38. The number of hydrogen-bond donors (Lipinski definition) is 1. The number of halogens is 1. The van der Waals surface area contributed by atoms with E-state index in [0.29, 0.717) is 16.7 Å². The molecule has 0 radical (unpaired) electrons. The number of nitrogens with zero attached hydrogens (tertiary/aromatic N) is 2. The number of nitrogens with one attached hydrogen (secondary N) is 1. The van der Waals surface area contributed by atoms with E-state index in [1.807, 2.05) is 17.5 Å². The Labute approximate surface area is 117 Å². The molecule has 4 nitrogen and oxygen atoms in total. The van der Waals surface area contributed by atoms with Gasteiger partial charge >= 0.3 is 0 Å². The van der Waals surface area contributed by atoms with Gasteiger partial charge in [0.1, 0.15) is 11.0 Å². The third-order valence-electron chi connectivity index (χ3n) is 2.26. The van der Waals surface area contributed by atoms with Crippen LogP contribution in [0.1, 0.15) is 4.88 Å². The Morgan fingerprint density at radius 2 is 2.44 bits per heavy atom. The van der Waals surface area contributed by atoms with Gasteiger partial charge in [-0.25, -0.2) is 4.68 Å². The van der Waals surface area contributed by atoms with Crippen LogP contribution in [0.2, 0.25) is 0 Å². The predicted octanol–water partition coefficient (Wildman–Crippen LogP) is 2.31. The summed E-state index contributed by atoms with van der Waals surface area (Å²) in [4.78, 5) is 13.1. The second-order valence-electron chi connectivity index (χ2n) is 3.47. The van der Waals surface area contributed by atoms with E-state index in [-0.39, 0.29) is 12.1 Å². The Bertz CT molecular complexity index is 628. The van der Waals surface area contributed by atoms with Crippen LogP contribution in [0.4, 0.5) is 5.69 Å².